The zero-order valence-corrected chi connectivity index (χ0v) is 13.5. The minimum Gasteiger partial charge on any atom is -0.360 e. The normalized spacial score (nSPS) is 16.8. The van der Waals surface area contributed by atoms with E-state index in [0.717, 1.165) is 35.9 Å². The Labute approximate surface area is 132 Å². The van der Waals surface area contributed by atoms with E-state index in [1.165, 1.54) is 0 Å². The largest absolute Gasteiger partial charge is 0.360 e. The minimum absolute atomic E-state index is 0.0569. The third-order valence-electron chi connectivity index (χ3n) is 3.74. The lowest BCUT2D eigenvalue weighted by Gasteiger charge is -2.30. The number of aryl methyl sites for hydroxylation is 2. The fourth-order valence-corrected chi connectivity index (χ4v) is 3.49. The van der Waals surface area contributed by atoms with Crippen LogP contribution in [0, 0.1) is 13.8 Å². The van der Waals surface area contributed by atoms with Crippen LogP contribution >= 0.6 is 11.3 Å². The Morgan fingerprint density at radius 3 is 2.77 bits per heavy atom. The van der Waals surface area contributed by atoms with Crippen molar-refractivity contribution >= 4 is 23.1 Å². The van der Waals surface area contributed by atoms with E-state index in [1.807, 2.05) is 6.92 Å². The maximum absolute atomic E-state index is 12.0. The van der Waals surface area contributed by atoms with Crippen LogP contribution in [0.5, 0.6) is 0 Å². The molecule has 1 aliphatic heterocycles. The Kier molecular flexibility index (Phi) is 4.49. The number of carbonyl (C=O) groups excluding carboxylic acids is 1. The van der Waals surface area contributed by atoms with E-state index in [9.17, 15) is 4.79 Å². The van der Waals surface area contributed by atoms with Crippen molar-refractivity contribution in [1.29, 1.82) is 0 Å². The Hall–Kier alpha value is -1.80. The molecule has 0 radical (unpaired) electrons. The molecule has 0 saturated carbocycles. The van der Waals surface area contributed by atoms with Gasteiger partial charge < -0.3 is 9.84 Å². The van der Waals surface area contributed by atoms with E-state index in [-0.39, 0.29) is 5.91 Å². The Morgan fingerprint density at radius 2 is 2.18 bits per heavy atom. The Bertz CT molecular complexity index is 645. The number of anilines is 1. The van der Waals surface area contributed by atoms with Crippen molar-refractivity contribution in [2.24, 2.45) is 0 Å². The third-order valence-corrected chi connectivity index (χ3v) is 4.74. The number of carbonyl (C=O) groups is 1. The predicted octanol–water partition coefficient (Wildman–Crippen LogP) is 1.96. The fraction of sp³-hybridized carbons (Fsp3) is 0.571. The monoisotopic (exact) mass is 321 g/mol. The van der Waals surface area contributed by atoms with Crippen molar-refractivity contribution in [2.75, 3.05) is 25.0 Å². The van der Waals surface area contributed by atoms with E-state index in [2.05, 4.69) is 25.6 Å². The van der Waals surface area contributed by atoms with Crippen LogP contribution in [0.1, 0.15) is 34.5 Å². The van der Waals surface area contributed by atoms with Crippen LogP contribution in [-0.2, 0) is 4.79 Å². The Balaban J connectivity index is 1.46. The fourth-order valence-electron chi connectivity index (χ4n) is 2.63. The second-order valence-electron chi connectivity index (χ2n) is 5.58. The van der Waals surface area contributed by atoms with Gasteiger partial charge in [-0.25, -0.2) is 0 Å². The Morgan fingerprint density at radius 1 is 1.41 bits per heavy atom. The summed E-state index contributed by atoms with van der Waals surface area (Å²) in [5.74, 6) is 1.58. The summed E-state index contributed by atoms with van der Waals surface area (Å²) >= 11 is 1.67. The number of amides is 1. The van der Waals surface area contributed by atoms with E-state index in [0.29, 0.717) is 24.0 Å². The lowest BCUT2D eigenvalue weighted by molar-refractivity contribution is -0.117. The van der Waals surface area contributed by atoms with Crippen LogP contribution in [0.4, 0.5) is 5.82 Å². The summed E-state index contributed by atoms with van der Waals surface area (Å²) in [6.45, 7) is 5.95. The molecule has 8 heteroatoms. The summed E-state index contributed by atoms with van der Waals surface area (Å²) in [4.78, 5) is 14.1. The highest BCUT2D eigenvalue weighted by molar-refractivity contribution is 7.11. The molecular weight excluding hydrogens is 302 g/mol. The van der Waals surface area contributed by atoms with E-state index in [1.54, 1.807) is 24.3 Å². The molecule has 1 N–H and O–H groups in total. The first kappa shape index (κ1) is 15.1. The van der Waals surface area contributed by atoms with Gasteiger partial charge in [0.15, 0.2) is 5.82 Å². The topological polar surface area (TPSA) is 84.2 Å². The lowest BCUT2D eigenvalue weighted by Crippen LogP contribution is -2.38. The van der Waals surface area contributed by atoms with Gasteiger partial charge in [-0.05, 0) is 39.8 Å². The molecule has 1 saturated heterocycles. The molecule has 1 fully saturated rings. The highest BCUT2D eigenvalue weighted by Crippen LogP contribution is 2.29. The van der Waals surface area contributed by atoms with Gasteiger partial charge in [0.25, 0.3) is 0 Å². The van der Waals surface area contributed by atoms with Crippen molar-refractivity contribution in [3.05, 3.63) is 21.8 Å². The molecule has 3 heterocycles. The maximum atomic E-state index is 12.0. The van der Waals surface area contributed by atoms with Crippen LogP contribution in [0.3, 0.4) is 0 Å². The van der Waals surface area contributed by atoms with Crippen molar-refractivity contribution in [1.82, 2.24) is 20.3 Å². The van der Waals surface area contributed by atoms with Crippen molar-refractivity contribution in [3.8, 4) is 0 Å². The molecule has 7 nitrogen and oxygen atoms in total. The number of piperidine rings is 1. The zero-order chi connectivity index (χ0) is 15.5. The molecule has 22 heavy (non-hydrogen) atoms. The molecule has 2 aromatic heterocycles. The SMILES string of the molecule is Cc1cc(NC(=O)CN2CCC(c3nnc(C)s3)CC2)no1. The maximum Gasteiger partial charge on any atom is 0.239 e. The van der Waals surface area contributed by atoms with E-state index < -0.39 is 0 Å². The number of hydrogen-bond acceptors (Lipinski definition) is 7. The summed E-state index contributed by atoms with van der Waals surface area (Å²) in [5.41, 5.74) is 0. The zero-order valence-electron chi connectivity index (χ0n) is 12.7. The first-order valence-electron chi connectivity index (χ1n) is 7.35. The molecule has 1 aliphatic rings. The quantitative estimate of drug-likeness (QED) is 0.926. The number of aromatic nitrogens is 3. The average molecular weight is 321 g/mol. The molecular formula is C14H19N5O2S. The average Bonchev–Trinajstić information content (AvgIpc) is 3.08. The smallest absolute Gasteiger partial charge is 0.239 e. The van der Waals surface area contributed by atoms with Gasteiger partial charge in [0.1, 0.15) is 15.8 Å². The highest BCUT2D eigenvalue weighted by Gasteiger charge is 2.24. The predicted molar refractivity (Wildman–Crippen MR) is 82.9 cm³/mol. The minimum atomic E-state index is -0.0569. The van der Waals surface area contributed by atoms with Crippen LogP contribution in [0.2, 0.25) is 0 Å². The van der Waals surface area contributed by atoms with Crippen molar-refractivity contribution in [2.45, 2.75) is 32.6 Å². The second-order valence-corrected chi connectivity index (χ2v) is 6.79. The molecule has 0 unspecified atom stereocenters. The number of likely N-dealkylation sites (tertiary alicyclic amines) is 1. The standard InChI is InChI=1S/C14H19N5O2S/c1-9-7-12(18-21-9)15-13(20)8-19-5-3-11(4-6-19)14-17-16-10(2)22-14/h7,11H,3-6,8H2,1-2H3,(H,15,18,20). The molecule has 0 atom stereocenters. The van der Waals surface area contributed by atoms with E-state index >= 15 is 0 Å². The first-order valence-corrected chi connectivity index (χ1v) is 8.17. The molecule has 1 amide bonds. The number of hydrogen-bond donors (Lipinski definition) is 1. The van der Waals surface area contributed by atoms with Crippen LogP contribution in [0.25, 0.3) is 0 Å². The molecule has 3 rings (SSSR count). The van der Waals surface area contributed by atoms with Gasteiger partial charge >= 0.3 is 0 Å². The summed E-state index contributed by atoms with van der Waals surface area (Å²) < 4.78 is 4.93. The molecule has 0 aromatic carbocycles. The van der Waals surface area contributed by atoms with Gasteiger partial charge in [-0.15, -0.1) is 21.5 Å². The van der Waals surface area contributed by atoms with Gasteiger partial charge in [-0.1, -0.05) is 5.16 Å². The molecule has 0 bridgehead atoms. The van der Waals surface area contributed by atoms with E-state index in [4.69, 9.17) is 4.52 Å². The second kappa shape index (κ2) is 6.53. The number of nitrogens with zero attached hydrogens (tertiary/aromatic N) is 4. The van der Waals surface area contributed by atoms with Gasteiger partial charge in [0.2, 0.25) is 5.91 Å². The van der Waals surface area contributed by atoms with Gasteiger partial charge in [0.05, 0.1) is 6.54 Å². The molecule has 118 valence electrons. The molecule has 2 aromatic rings. The summed E-state index contributed by atoms with van der Waals surface area (Å²) in [6, 6.07) is 1.71. The highest BCUT2D eigenvalue weighted by atomic mass is 32.1. The number of nitrogens with one attached hydrogen (secondary N) is 1. The summed E-state index contributed by atoms with van der Waals surface area (Å²) in [5, 5.41) is 17.0. The molecule has 0 aliphatic carbocycles. The molecule has 0 spiro atoms. The summed E-state index contributed by atoms with van der Waals surface area (Å²) in [7, 11) is 0. The van der Waals surface area contributed by atoms with Gasteiger partial charge in [-0.3, -0.25) is 9.69 Å². The van der Waals surface area contributed by atoms with Crippen LogP contribution < -0.4 is 5.32 Å². The van der Waals surface area contributed by atoms with Crippen LogP contribution in [-0.4, -0.2) is 45.8 Å². The first-order chi connectivity index (χ1) is 10.6. The lowest BCUT2D eigenvalue weighted by atomic mass is 9.98. The van der Waals surface area contributed by atoms with Gasteiger partial charge in [0, 0.05) is 12.0 Å². The summed E-state index contributed by atoms with van der Waals surface area (Å²) in [6.07, 6.45) is 2.04. The van der Waals surface area contributed by atoms with Crippen molar-refractivity contribution < 1.29 is 9.32 Å². The number of rotatable bonds is 4. The van der Waals surface area contributed by atoms with Crippen molar-refractivity contribution in [3.63, 3.8) is 0 Å². The van der Waals surface area contributed by atoms with Crippen LogP contribution in [0.15, 0.2) is 10.6 Å². The van der Waals surface area contributed by atoms with Gasteiger partial charge in [-0.2, -0.15) is 0 Å². The third kappa shape index (κ3) is 3.69.